The molecular weight excluding hydrogens is 328 g/mol. The van der Waals surface area contributed by atoms with Crippen molar-refractivity contribution < 1.29 is 26.2 Å². The first-order valence-corrected chi connectivity index (χ1v) is 7.87. The fraction of sp³-hybridized carbons (Fsp3) is 0.133. The third-order valence-electron chi connectivity index (χ3n) is 2.91. The molecule has 2 aromatic rings. The maximum Gasteiger partial charge on any atom is 0.339 e. The van der Waals surface area contributed by atoms with Gasteiger partial charge in [-0.25, -0.2) is 8.78 Å². The molecule has 1 N–H and O–H groups in total. The van der Waals surface area contributed by atoms with E-state index in [-0.39, 0.29) is 16.6 Å². The number of rotatable bonds is 4. The Labute approximate surface area is 132 Å². The van der Waals surface area contributed by atoms with Crippen LogP contribution < -0.4 is 9.50 Å². The van der Waals surface area contributed by atoms with Gasteiger partial charge in [-0.1, -0.05) is 6.07 Å². The van der Waals surface area contributed by atoms with Gasteiger partial charge in [0.15, 0.2) is 11.6 Å². The third-order valence-corrected chi connectivity index (χ3v) is 4.15. The first kappa shape index (κ1) is 16.9. The van der Waals surface area contributed by atoms with Crippen molar-refractivity contribution in [2.24, 2.45) is 0 Å². The molecule has 0 bridgehead atoms. The van der Waals surface area contributed by atoms with E-state index in [9.17, 15) is 22.0 Å². The lowest BCUT2D eigenvalue weighted by molar-refractivity contribution is -0.114. The lowest BCUT2D eigenvalue weighted by Crippen LogP contribution is -2.12. The summed E-state index contributed by atoms with van der Waals surface area (Å²) >= 11 is 0. The van der Waals surface area contributed by atoms with Gasteiger partial charge in [0.2, 0.25) is 5.91 Å². The van der Waals surface area contributed by atoms with Crippen molar-refractivity contribution in [3.63, 3.8) is 0 Å². The van der Waals surface area contributed by atoms with Crippen LogP contribution in [0.5, 0.6) is 5.75 Å². The largest absolute Gasteiger partial charge is 0.379 e. The molecule has 0 aliphatic heterocycles. The first-order chi connectivity index (χ1) is 10.7. The summed E-state index contributed by atoms with van der Waals surface area (Å²) in [5, 5.41) is 2.50. The minimum absolute atomic E-state index is 0.225. The average molecular weight is 341 g/mol. The first-order valence-electron chi connectivity index (χ1n) is 6.47. The van der Waals surface area contributed by atoms with Gasteiger partial charge < -0.3 is 9.50 Å². The number of anilines is 1. The lowest BCUT2D eigenvalue weighted by Gasteiger charge is -2.11. The van der Waals surface area contributed by atoms with Crippen LogP contribution in [-0.4, -0.2) is 14.3 Å². The van der Waals surface area contributed by atoms with Gasteiger partial charge in [0, 0.05) is 18.7 Å². The van der Waals surface area contributed by atoms with E-state index in [1.54, 1.807) is 6.92 Å². The van der Waals surface area contributed by atoms with Crippen molar-refractivity contribution in [1.82, 2.24) is 0 Å². The van der Waals surface area contributed by atoms with Gasteiger partial charge in [-0.15, -0.1) is 0 Å². The highest BCUT2D eigenvalue weighted by molar-refractivity contribution is 7.87. The molecular formula is C15H13F2NO4S. The van der Waals surface area contributed by atoms with Crippen molar-refractivity contribution in [3.8, 4) is 5.75 Å². The van der Waals surface area contributed by atoms with Crippen LogP contribution in [0.1, 0.15) is 12.5 Å². The van der Waals surface area contributed by atoms with Crippen molar-refractivity contribution in [2.75, 3.05) is 5.32 Å². The number of hydrogen-bond donors (Lipinski definition) is 1. The van der Waals surface area contributed by atoms with Crippen LogP contribution in [0, 0.1) is 18.6 Å². The normalized spacial score (nSPS) is 11.1. The molecule has 0 unspecified atom stereocenters. The van der Waals surface area contributed by atoms with Crippen molar-refractivity contribution in [1.29, 1.82) is 0 Å². The number of amides is 1. The number of benzene rings is 2. The summed E-state index contributed by atoms with van der Waals surface area (Å²) in [5.74, 6) is -3.05. The molecule has 5 nitrogen and oxygen atoms in total. The second-order valence-electron chi connectivity index (χ2n) is 4.77. The molecule has 0 saturated carbocycles. The van der Waals surface area contributed by atoms with E-state index >= 15 is 0 Å². The zero-order valence-electron chi connectivity index (χ0n) is 12.3. The summed E-state index contributed by atoms with van der Waals surface area (Å²) in [7, 11) is -4.26. The SMILES string of the molecule is CC(=O)Nc1cc(S(=O)(=O)Oc2ccc(F)c(F)c2)ccc1C. The fourth-order valence-electron chi connectivity index (χ4n) is 1.78. The van der Waals surface area contributed by atoms with E-state index < -0.39 is 21.8 Å². The molecule has 0 aromatic heterocycles. The predicted octanol–water partition coefficient (Wildman–Crippen LogP) is 3.00. The van der Waals surface area contributed by atoms with Gasteiger partial charge in [-0.2, -0.15) is 8.42 Å². The molecule has 0 spiro atoms. The van der Waals surface area contributed by atoms with E-state index in [0.717, 1.165) is 12.1 Å². The molecule has 8 heteroatoms. The van der Waals surface area contributed by atoms with Crippen molar-refractivity contribution in [3.05, 3.63) is 53.6 Å². The summed E-state index contributed by atoms with van der Waals surface area (Å²) in [6.07, 6.45) is 0. The Morgan fingerprint density at radius 3 is 2.39 bits per heavy atom. The zero-order chi connectivity index (χ0) is 17.2. The standard InChI is InChI=1S/C15H13F2NO4S/c1-9-3-5-12(8-15(9)18-10(2)19)23(20,21)22-11-4-6-13(16)14(17)7-11/h3-8H,1-2H3,(H,18,19). The van der Waals surface area contributed by atoms with Crippen LogP contribution in [0.3, 0.4) is 0 Å². The van der Waals surface area contributed by atoms with Gasteiger partial charge in [0.05, 0.1) is 0 Å². The Kier molecular flexibility index (Phi) is 4.65. The molecule has 0 aliphatic carbocycles. The molecule has 122 valence electrons. The van der Waals surface area contributed by atoms with Crippen molar-refractivity contribution in [2.45, 2.75) is 18.7 Å². The van der Waals surface area contributed by atoms with Gasteiger partial charge >= 0.3 is 10.1 Å². The molecule has 0 fully saturated rings. The quantitative estimate of drug-likeness (QED) is 0.868. The molecule has 0 aliphatic rings. The Hall–Kier alpha value is -2.48. The Morgan fingerprint density at radius 2 is 1.78 bits per heavy atom. The molecule has 1 amide bonds. The number of halogens is 2. The monoisotopic (exact) mass is 341 g/mol. The van der Waals surface area contributed by atoms with Crippen LogP contribution in [0.2, 0.25) is 0 Å². The van der Waals surface area contributed by atoms with Gasteiger partial charge in [-0.05, 0) is 36.8 Å². The summed E-state index contributed by atoms with van der Waals surface area (Å²) in [6.45, 7) is 2.98. The predicted molar refractivity (Wildman–Crippen MR) is 79.7 cm³/mol. The molecule has 0 heterocycles. The van der Waals surface area contributed by atoms with Gasteiger partial charge in [-0.3, -0.25) is 4.79 Å². The van der Waals surface area contributed by atoms with Crippen molar-refractivity contribution >= 4 is 21.7 Å². The maximum absolute atomic E-state index is 13.1. The summed E-state index contributed by atoms with van der Waals surface area (Å²) in [6, 6.07) is 6.40. The second kappa shape index (κ2) is 6.33. The highest BCUT2D eigenvalue weighted by Gasteiger charge is 2.19. The van der Waals surface area contributed by atoms with Crippen LogP contribution >= 0.6 is 0 Å². The Morgan fingerprint density at radius 1 is 1.09 bits per heavy atom. The molecule has 23 heavy (non-hydrogen) atoms. The number of hydrogen-bond acceptors (Lipinski definition) is 4. The minimum Gasteiger partial charge on any atom is -0.379 e. The number of aryl methyl sites for hydroxylation is 1. The molecule has 0 radical (unpaired) electrons. The van der Waals surface area contributed by atoms with E-state index in [0.29, 0.717) is 17.3 Å². The summed E-state index contributed by atoms with van der Waals surface area (Å²) in [5.41, 5.74) is 0.972. The van der Waals surface area contributed by atoms with Gasteiger partial charge in [0.1, 0.15) is 10.6 Å². The van der Waals surface area contributed by atoms with E-state index in [1.807, 2.05) is 0 Å². The highest BCUT2D eigenvalue weighted by atomic mass is 32.2. The average Bonchev–Trinajstić information content (AvgIpc) is 2.44. The van der Waals surface area contributed by atoms with Gasteiger partial charge in [0.25, 0.3) is 0 Å². The maximum atomic E-state index is 13.1. The van der Waals surface area contributed by atoms with Crippen LogP contribution in [-0.2, 0) is 14.9 Å². The Bertz CT molecular complexity index is 866. The molecule has 0 saturated heterocycles. The summed E-state index contributed by atoms with van der Waals surface area (Å²) in [4.78, 5) is 10.9. The smallest absolute Gasteiger partial charge is 0.339 e. The minimum atomic E-state index is -4.26. The fourth-order valence-corrected chi connectivity index (χ4v) is 2.73. The van der Waals surface area contributed by atoms with Crippen LogP contribution in [0.15, 0.2) is 41.3 Å². The molecule has 0 atom stereocenters. The molecule has 2 rings (SSSR count). The highest BCUT2D eigenvalue weighted by Crippen LogP contribution is 2.24. The van der Waals surface area contributed by atoms with E-state index in [1.165, 1.54) is 25.1 Å². The number of carbonyl (C=O) groups is 1. The second-order valence-corrected chi connectivity index (χ2v) is 6.32. The number of nitrogens with one attached hydrogen (secondary N) is 1. The topological polar surface area (TPSA) is 72.5 Å². The molecule has 2 aromatic carbocycles. The lowest BCUT2D eigenvalue weighted by atomic mass is 10.2. The number of carbonyl (C=O) groups excluding carboxylic acids is 1. The van der Waals surface area contributed by atoms with E-state index in [4.69, 9.17) is 4.18 Å². The zero-order valence-corrected chi connectivity index (χ0v) is 13.1. The van der Waals surface area contributed by atoms with Crippen LogP contribution in [0.4, 0.5) is 14.5 Å². The Balaban J connectivity index is 2.35. The van der Waals surface area contributed by atoms with E-state index in [2.05, 4.69) is 5.32 Å². The summed E-state index contributed by atoms with van der Waals surface area (Å²) < 4.78 is 55.1. The third kappa shape index (κ3) is 4.04. The van der Waals surface area contributed by atoms with Crippen LogP contribution in [0.25, 0.3) is 0 Å².